The lowest BCUT2D eigenvalue weighted by molar-refractivity contribution is -0.114. The number of hydrogen-bond donors (Lipinski definition) is 0. The Morgan fingerprint density at radius 3 is 2.38 bits per heavy atom. The molecule has 0 saturated carbocycles. The van der Waals surface area contributed by atoms with Gasteiger partial charge < -0.3 is 9.47 Å². The molecular weight excluding hydrogens is 208 g/mol. The number of methoxy groups -OCH3 is 2. The van der Waals surface area contributed by atoms with Crippen molar-refractivity contribution in [1.82, 2.24) is 0 Å². The minimum Gasteiger partial charge on any atom is -0.497 e. The number of carbonyl (C=O) groups excluding carboxylic acids is 2. The molecule has 0 aromatic heterocycles. The Kier molecular flexibility index (Phi) is 4.05. The van der Waals surface area contributed by atoms with E-state index in [0.717, 1.165) is 0 Å². The van der Waals surface area contributed by atoms with Gasteiger partial charge in [-0.3, -0.25) is 9.59 Å². The van der Waals surface area contributed by atoms with Gasteiger partial charge in [0.1, 0.15) is 11.5 Å². The first-order valence-corrected chi connectivity index (χ1v) is 4.93. The van der Waals surface area contributed by atoms with Crippen LogP contribution in [0, 0.1) is 0 Å². The molecule has 0 amide bonds. The van der Waals surface area contributed by atoms with Crippen molar-refractivity contribution in [3.63, 3.8) is 0 Å². The highest BCUT2D eigenvalue weighted by Gasteiger charge is 2.18. The molecule has 1 aromatic rings. The van der Waals surface area contributed by atoms with E-state index in [-0.39, 0.29) is 12.0 Å². The summed E-state index contributed by atoms with van der Waals surface area (Å²) in [4.78, 5) is 23.0. The number of ether oxygens (including phenoxy) is 2. The lowest BCUT2D eigenvalue weighted by Gasteiger charge is -2.08. The number of Topliss-reactive ketones (excluding diaryl/α,β-unsaturated/α-hetero) is 2. The highest BCUT2D eigenvalue weighted by molar-refractivity contribution is 6.44. The van der Waals surface area contributed by atoms with E-state index in [2.05, 4.69) is 0 Å². The maximum absolute atomic E-state index is 11.7. The number of benzene rings is 1. The van der Waals surface area contributed by atoms with Gasteiger partial charge in [0.25, 0.3) is 0 Å². The van der Waals surface area contributed by atoms with Crippen molar-refractivity contribution < 1.29 is 19.1 Å². The molecule has 0 heterocycles. The van der Waals surface area contributed by atoms with Gasteiger partial charge in [-0.05, 0) is 12.1 Å². The molecule has 86 valence electrons. The van der Waals surface area contributed by atoms with Gasteiger partial charge in [-0.1, -0.05) is 6.92 Å². The molecule has 16 heavy (non-hydrogen) atoms. The molecule has 0 unspecified atom stereocenters. The number of carbonyl (C=O) groups is 2. The van der Waals surface area contributed by atoms with Crippen LogP contribution in [0.5, 0.6) is 11.5 Å². The third-order valence-corrected chi connectivity index (χ3v) is 2.23. The summed E-state index contributed by atoms with van der Waals surface area (Å²) in [5, 5.41) is 0. The predicted octanol–water partition coefficient (Wildman–Crippen LogP) is 1.87. The summed E-state index contributed by atoms with van der Waals surface area (Å²) in [6.07, 6.45) is 0.189. The molecule has 0 radical (unpaired) electrons. The second-order valence-electron chi connectivity index (χ2n) is 3.17. The third-order valence-electron chi connectivity index (χ3n) is 2.23. The summed E-state index contributed by atoms with van der Waals surface area (Å²) in [7, 11) is 2.97. The molecule has 1 rings (SSSR count). The van der Waals surface area contributed by atoms with E-state index in [1.807, 2.05) is 0 Å². The molecule has 0 spiro atoms. The fraction of sp³-hybridized carbons (Fsp3) is 0.333. The van der Waals surface area contributed by atoms with Gasteiger partial charge in [-0.25, -0.2) is 0 Å². The fourth-order valence-corrected chi connectivity index (χ4v) is 1.30. The Bertz CT molecular complexity index is 409. The largest absolute Gasteiger partial charge is 0.497 e. The summed E-state index contributed by atoms with van der Waals surface area (Å²) < 4.78 is 10.1. The van der Waals surface area contributed by atoms with Crippen LogP contribution in [-0.2, 0) is 4.79 Å². The van der Waals surface area contributed by atoms with Crippen LogP contribution in [0.2, 0.25) is 0 Å². The van der Waals surface area contributed by atoms with E-state index in [1.54, 1.807) is 19.1 Å². The molecule has 0 aliphatic carbocycles. The minimum atomic E-state index is -0.526. The van der Waals surface area contributed by atoms with Crippen LogP contribution in [0.3, 0.4) is 0 Å². The van der Waals surface area contributed by atoms with Gasteiger partial charge >= 0.3 is 0 Å². The summed E-state index contributed by atoms with van der Waals surface area (Å²) in [5.41, 5.74) is 0.273. The fourth-order valence-electron chi connectivity index (χ4n) is 1.30. The van der Waals surface area contributed by atoms with Crippen molar-refractivity contribution in [3.05, 3.63) is 23.8 Å². The predicted molar refractivity (Wildman–Crippen MR) is 59.2 cm³/mol. The molecule has 0 fully saturated rings. The van der Waals surface area contributed by atoms with Crippen LogP contribution in [0.15, 0.2) is 18.2 Å². The third kappa shape index (κ3) is 2.39. The van der Waals surface area contributed by atoms with Gasteiger partial charge in [-0.15, -0.1) is 0 Å². The van der Waals surface area contributed by atoms with E-state index in [4.69, 9.17) is 9.47 Å². The number of ketones is 2. The monoisotopic (exact) mass is 222 g/mol. The average molecular weight is 222 g/mol. The highest BCUT2D eigenvalue weighted by Crippen LogP contribution is 2.25. The zero-order valence-electron chi connectivity index (χ0n) is 9.57. The lowest BCUT2D eigenvalue weighted by Crippen LogP contribution is -2.13. The van der Waals surface area contributed by atoms with Crippen LogP contribution >= 0.6 is 0 Å². The van der Waals surface area contributed by atoms with E-state index in [0.29, 0.717) is 11.5 Å². The second-order valence-corrected chi connectivity index (χ2v) is 3.17. The van der Waals surface area contributed by atoms with Crippen LogP contribution in [0.25, 0.3) is 0 Å². The van der Waals surface area contributed by atoms with Crippen LogP contribution < -0.4 is 9.47 Å². The maximum Gasteiger partial charge on any atom is 0.232 e. The van der Waals surface area contributed by atoms with Crippen molar-refractivity contribution in [2.45, 2.75) is 13.3 Å². The molecule has 0 aliphatic heterocycles. The van der Waals surface area contributed by atoms with Crippen molar-refractivity contribution >= 4 is 11.6 Å². The van der Waals surface area contributed by atoms with Crippen LogP contribution in [0.4, 0.5) is 0 Å². The van der Waals surface area contributed by atoms with Gasteiger partial charge in [-0.2, -0.15) is 0 Å². The van der Waals surface area contributed by atoms with Gasteiger partial charge in [0.05, 0.1) is 19.8 Å². The van der Waals surface area contributed by atoms with E-state index in [1.165, 1.54) is 20.3 Å². The number of hydrogen-bond acceptors (Lipinski definition) is 4. The molecule has 4 nitrogen and oxygen atoms in total. The van der Waals surface area contributed by atoms with Gasteiger partial charge in [0.2, 0.25) is 11.6 Å². The second kappa shape index (κ2) is 5.30. The Morgan fingerprint density at radius 2 is 1.88 bits per heavy atom. The SMILES string of the molecule is CCC(=O)C(=O)c1ccc(OC)cc1OC. The van der Waals surface area contributed by atoms with E-state index in [9.17, 15) is 9.59 Å². The average Bonchev–Trinajstić information content (AvgIpc) is 2.35. The molecule has 0 saturated heterocycles. The van der Waals surface area contributed by atoms with Crippen molar-refractivity contribution in [2.24, 2.45) is 0 Å². The molecular formula is C12H14O4. The van der Waals surface area contributed by atoms with Crippen LogP contribution in [0.1, 0.15) is 23.7 Å². The standard InChI is InChI=1S/C12H14O4/c1-4-10(13)12(14)9-6-5-8(15-2)7-11(9)16-3/h5-7H,4H2,1-3H3. The summed E-state index contributed by atoms with van der Waals surface area (Å²) in [6, 6.07) is 4.74. The molecule has 0 N–H and O–H groups in total. The minimum absolute atomic E-state index is 0.189. The Labute approximate surface area is 94.2 Å². The Balaban J connectivity index is 3.13. The lowest BCUT2D eigenvalue weighted by atomic mass is 10.0. The first-order chi connectivity index (χ1) is 7.63. The Hall–Kier alpha value is -1.84. The first-order valence-electron chi connectivity index (χ1n) is 4.93. The quantitative estimate of drug-likeness (QED) is 0.563. The van der Waals surface area contributed by atoms with Crippen molar-refractivity contribution in [3.8, 4) is 11.5 Å². The zero-order valence-corrected chi connectivity index (χ0v) is 9.57. The van der Waals surface area contributed by atoms with Crippen molar-refractivity contribution in [1.29, 1.82) is 0 Å². The molecule has 0 bridgehead atoms. The molecule has 0 aliphatic rings. The first kappa shape index (κ1) is 12.2. The Morgan fingerprint density at radius 1 is 1.19 bits per heavy atom. The summed E-state index contributed by atoms with van der Waals surface area (Å²) in [5.74, 6) is -0.0195. The zero-order chi connectivity index (χ0) is 12.1. The van der Waals surface area contributed by atoms with E-state index >= 15 is 0 Å². The number of rotatable bonds is 5. The smallest absolute Gasteiger partial charge is 0.232 e. The molecule has 0 atom stereocenters. The maximum atomic E-state index is 11.7. The highest BCUT2D eigenvalue weighted by atomic mass is 16.5. The van der Waals surface area contributed by atoms with E-state index < -0.39 is 11.6 Å². The summed E-state index contributed by atoms with van der Waals surface area (Å²) >= 11 is 0. The van der Waals surface area contributed by atoms with Gasteiger partial charge in [0, 0.05) is 12.5 Å². The van der Waals surface area contributed by atoms with Gasteiger partial charge in [0.15, 0.2) is 0 Å². The van der Waals surface area contributed by atoms with Crippen LogP contribution in [-0.4, -0.2) is 25.8 Å². The molecule has 4 heteroatoms. The normalized spacial score (nSPS) is 9.69. The summed E-state index contributed by atoms with van der Waals surface area (Å²) in [6.45, 7) is 1.65. The topological polar surface area (TPSA) is 52.6 Å². The van der Waals surface area contributed by atoms with Crippen molar-refractivity contribution in [2.75, 3.05) is 14.2 Å². The molecule has 1 aromatic carbocycles.